The number of benzene rings is 1. The number of methoxy groups -OCH3 is 1. The molecule has 0 radical (unpaired) electrons. The zero-order valence-electron chi connectivity index (χ0n) is 9.36. The van der Waals surface area contributed by atoms with Crippen LogP contribution in [0.4, 0.5) is 4.79 Å². The fraction of sp³-hybridized carbons (Fsp3) is 0.333. The number of rotatable bonds is 3. The summed E-state index contributed by atoms with van der Waals surface area (Å²) in [5.74, 6) is 0. The molecule has 0 spiro atoms. The Bertz CT molecular complexity index is 397. The van der Waals surface area contributed by atoms with Crippen LogP contribution in [0.25, 0.3) is 0 Å². The molecule has 0 aliphatic carbocycles. The Kier molecular flexibility index (Phi) is 3.90. The minimum atomic E-state index is -0.950. The van der Waals surface area contributed by atoms with Gasteiger partial charge in [0.05, 0.1) is 13.2 Å². The van der Waals surface area contributed by atoms with E-state index in [1.165, 1.54) is 7.11 Å². The first-order chi connectivity index (χ1) is 7.59. The highest BCUT2D eigenvalue weighted by molar-refractivity contribution is 5.68. The standard InChI is InChI=1S/C12H14N2O2/c1-12(9-13,14-11(15)16-2)8-10-6-4-3-5-7-10/h3-7H,8H2,1-2H3,(H,14,15)/t12-/m0/s1. The highest BCUT2D eigenvalue weighted by atomic mass is 16.5. The molecule has 4 heteroatoms. The third kappa shape index (κ3) is 3.28. The molecule has 1 atom stereocenters. The molecule has 84 valence electrons. The van der Waals surface area contributed by atoms with E-state index in [1.54, 1.807) is 6.92 Å². The summed E-state index contributed by atoms with van der Waals surface area (Å²) in [6, 6.07) is 11.6. The SMILES string of the molecule is COC(=O)N[C@](C)(C#N)Cc1ccccc1. The van der Waals surface area contributed by atoms with Crippen molar-refractivity contribution < 1.29 is 9.53 Å². The molecule has 0 aliphatic rings. The van der Waals surface area contributed by atoms with Gasteiger partial charge in [0.25, 0.3) is 0 Å². The number of hydrogen-bond donors (Lipinski definition) is 1. The third-order valence-electron chi connectivity index (χ3n) is 2.21. The number of nitrogens with zero attached hydrogens (tertiary/aromatic N) is 1. The molecule has 0 fully saturated rings. The molecule has 1 N–H and O–H groups in total. The number of amides is 1. The van der Waals surface area contributed by atoms with Gasteiger partial charge in [0.2, 0.25) is 0 Å². The van der Waals surface area contributed by atoms with Gasteiger partial charge in [-0.2, -0.15) is 5.26 Å². The van der Waals surface area contributed by atoms with Crippen LogP contribution in [0.2, 0.25) is 0 Å². The molecule has 1 rings (SSSR count). The molecule has 1 aromatic rings. The summed E-state index contributed by atoms with van der Waals surface area (Å²) in [4.78, 5) is 11.1. The lowest BCUT2D eigenvalue weighted by Gasteiger charge is -2.22. The highest BCUT2D eigenvalue weighted by Gasteiger charge is 2.26. The maximum atomic E-state index is 11.1. The van der Waals surface area contributed by atoms with Gasteiger partial charge in [0, 0.05) is 6.42 Å². The van der Waals surface area contributed by atoms with Crippen LogP contribution in [-0.4, -0.2) is 18.7 Å². The molecule has 4 nitrogen and oxygen atoms in total. The molecule has 0 aromatic heterocycles. The lowest BCUT2D eigenvalue weighted by Crippen LogP contribution is -2.46. The van der Waals surface area contributed by atoms with Gasteiger partial charge in [-0.15, -0.1) is 0 Å². The van der Waals surface area contributed by atoms with Crippen LogP contribution in [0, 0.1) is 11.3 Å². The third-order valence-corrected chi connectivity index (χ3v) is 2.21. The average molecular weight is 218 g/mol. The van der Waals surface area contributed by atoms with Gasteiger partial charge in [-0.1, -0.05) is 30.3 Å². The van der Waals surface area contributed by atoms with Gasteiger partial charge in [-0.25, -0.2) is 4.79 Å². The zero-order valence-corrected chi connectivity index (χ0v) is 9.36. The van der Waals surface area contributed by atoms with Crippen LogP contribution in [-0.2, 0) is 11.2 Å². The van der Waals surface area contributed by atoms with Crippen molar-refractivity contribution in [2.75, 3.05) is 7.11 Å². The number of carbonyl (C=O) groups excluding carboxylic acids is 1. The fourth-order valence-electron chi connectivity index (χ4n) is 1.39. The van der Waals surface area contributed by atoms with Crippen LogP contribution >= 0.6 is 0 Å². The van der Waals surface area contributed by atoms with Crippen molar-refractivity contribution in [3.63, 3.8) is 0 Å². The van der Waals surface area contributed by atoms with Crippen LogP contribution in [0.1, 0.15) is 12.5 Å². The molecule has 0 unspecified atom stereocenters. The Morgan fingerprint density at radius 1 is 1.50 bits per heavy atom. The van der Waals surface area contributed by atoms with Crippen LogP contribution < -0.4 is 5.32 Å². The maximum Gasteiger partial charge on any atom is 0.408 e. The van der Waals surface area contributed by atoms with Crippen molar-refractivity contribution >= 4 is 6.09 Å². The fourth-order valence-corrected chi connectivity index (χ4v) is 1.39. The van der Waals surface area contributed by atoms with Crippen molar-refractivity contribution in [2.45, 2.75) is 18.9 Å². The summed E-state index contributed by atoms with van der Waals surface area (Å²) in [6.07, 6.45) is -0.153. The van der Waals surface area contributed by atoms with E-state index in [2.05, 4.69) is 16.1 Å². The molecule has 1 aromatic carbocycles. The van der Waals surface area contributed by atoms with Crippen molar-refractivity contribution in [1.29, 1.82) is 5.26 Å². The second-order valence-corrected chi connectivity index (χ2v) is 3.72. The van der Waals surface area contributed by atoms with E-state index >= 15 is 0 Å². The monoisotopic (exact) mass is 218 g/mol. The van der Waals surface area contributed by atoms with E-state index in [-0.39, 0.29) is 0 Å². The predicted octanol–water partition coefficient (Wildman–Crippen LogP) is 1.87. The van der Waals surface area contributed by atoms with Gasteiger partial charge in [0.1, 0.15) is 5.54 Å². The van der Waals surface area contributed by atoms with Gasteiger partial charge >= 0.3 is 6.09 Å². The molecule has 0 bridgehead atoms. The van der Waals surface area contributed by atoms with Crippen molar-refractivity contribution in [1.82, 2.24) is 5.32 Å². The van der Waals surface area contributed by atoms with Crippen molar-refractivity contribution in [3.8, 4) is 6.07 Å². The molecule has 0 saturated heterocycles. The lowest BCUT2D eigenvalue weighted by molar-refractivity contribution is 0.163. The zero-order chi connectivity index (χ0) is 12.0. The summed E-state index contributed by atoms with van der Waals surface area (Å²) in [5.41, 5.74) is 0.0389. The molecular weight excluding hydrogens is 204 g/mol. The van der Waals surface area contributed by atoms with E-state index in [0.29, 0.717) is 6.42 Å². The molecule has 0 aliphatic heterocycles. The van der Waals surface area contributed by atoms with Gasteiger partial charge in [-0.05, 0) is 12.5 Å². The number of hydrogen-bond acceptors (Lipinski definition) is 3. The second-order valence-electron chi connectivity index (χ2n) is 3.72. The molecular formula is C12H14N2O2. The largest absolute Gasteiger partial charge is 0.453 e. The van der Waals surface area contributed by atoms with Gasteiger partial charge in [-0.3, -0.25) is 0 Å². The predicted molar refractivity (Wildman–Crippen MR) is 59.7 cm³/mol. The number of carbonyl (C=O) groups is 1. The normalized spacial score (nSPS) is 13.3. The number of nitrogens with one attached hydrogen (secondary N) is 1. The first-order valence-electron chi connectivity index (χ1n) is 4.91. The van der Waals surface area contributed by atoms with E-state index < -0.39 is 11.6 Å². The van der Waals surface area contributed by atoms with Crippen molar-refractivity contribution in [2.24, 2.45) is 0 Å². The Morgan fingerprint density at radius 3 is 2.62 bits per heavy atom. The lowest BCUT2D eigenvalue weighted by atomic mass is 9.94. The van der Waals surface area contributed by atoms with Gasteiger partial charge in [0.15, 0.2) is 0 Å². The molecule has 0 heterocycles. The molecule has 0 saturated carbocycles. The summed E-state index contributed by atoms with van der Waals surface area (Å²) >= 11 is 0. The van der Waals surface area contributed by atoms with E-state index in [1.807, 2.05) is 30.3 Å². The quantitative estimate of drug-likeness (QED) is 0.842. The Balaban J connectivity index is 2.75. The number of ether oxygens (including phenoxy) is 1. The Hall–Kier alpha value is -2.02. The minimum absolute atomic E-state index is 0.444. The molecule has 16 heavy (non-hydrogen) atoms. The van der Waals surface area contributed by atoms with Gasteiger partial charge < -0.3 is 10.1 Å². The van der Waals surface area contributed by atoms with Crippen LogP contribution in [0.3, 0.4) is 0 Å². The minimum Gasteiger partial charge on any atom is -0.453 e. The van der Waals surface area contributed by atoms with E-state index in [9.17, 15) is 4.79 Å². The Labute approximate surface area is 94.8 Å². The van der Waals surface area contributed by atoms with Crippen LogP contribution in [0.15, 0.2) is 30.3 Å². The Morgan fingerprint density at radius 2 is 2.12 bits per heavy atom. The second kappa shape index (κ2) is 5.17. The first kappa shape index (κ1) is 12.1. The number of alkyl carbamates (subject to hydrolysis) is 1. The summed E-state index contributed by atoms with van der Waals surface area (Å²) in [7, 11) is 1.27. The van der Waals surface area contributed by atoms with Crippen molar-refractivity contribution in [3.05, 3.63) is 35.9 Å². The van der Waals surface area contributed by atoms with E-state index in [4.69, 9.17) is 5.26 Å². The smallest absolute Gasteiger partial charge is 0.408 e. The van der Waals surface area contributed by atoms with Crippen LogP contribution in [0.5, 0.6) is 0 Å². The number of nitriles is 1. The maximum absolute atomic E-state index is 11.1. The first-order valence-corrected chi connectivity index (χ1v) is 4.91. The molecule has 1 amide bonds. The average Bonchev–Trinajstić information content (AvgIpc) is 2.30. The summed E-state index contributed by atoms with van der Waals surface area (Å²) in [6.45, 7) is 1.66. The summed E-state index contributed by atoms with van der Waals surface area (Å²) < 4.78 is 4.48. The highest BCUT2D eigenvalue weighted by Crippen LogP contribution is 2.12. The topological polar surface area (TPSA) is 62.1 Å². The summed E-state index contributed by atoms with van der Waals surface area (Å²) in [5, 5.41) is 11.6. The van der Waals surface area contributed by atoms with E-state index in [0.717, 1.165) is 5.56 Å².